The first kappa shape index (κ1) is 19.1. The Kier molecular flexibility index (Phi) is 6.24. The zero-order chi connectivity index (χ0) is 19.2. The van der Waals surface area contributed by atoms with Crippen molar-refractivity contribution in [2.75, 3.05) is 27.3 Å². The molecule has 3 rings (SSSR count). The highest BCUT2D eigenvalue weighted by atomic mass is 16.5. The Hall–Kier alpha value is -2.66. The van der Waals surface area contributed by atoms with Crippen LogP contribution in [0.2, 0.25) is 0 Å². The molecule has 5 heteroatoms. The Bertz CT molecular complexity index is 775. The molecule has 2 aromatic carbocycles. The first-order valence-corrected chi connectivity index (χ1v) is 9.18. The number of benzene rings is 2. The summed E-state index contributed by atoms with van der Waals surface area (Å²) in [4.78, 5) is 26.5. The minimum atomic E-state index is -0.320. The molecule has 1 aliphatic rings. The van der Waals surface area contributed by atoms with E-state index >= 15 is 0 Å². The molecule has 0 spiro atoms. The minimum Gasteiger partial charge on any atom is -0.497 e. The number of methoxy groups -OCH3 is 2. The van der Waals surface area contributed by atoms with Crippen LogP contribution in [-0.2, 0) is 11.3 Å². The van der Waals surface area contributed by atoms with E-state index in [4.69, 9.17) is 9.47 Å². The van der Waals surface area contributed by atoms with Gasteiger partial charge in [0.25, 0.3) is 0 Å². The van der Waals surface area contributed by atoms with E-state index in [1.165, 1.54) is 7.11 Å². The van der Waals surface area contributed by atoms with Crippen LogP contribution in [0.15, 0.2) is 48.5 Å². The van der Waals surface area contributed by atoms with Crippen LogP contribution in [0.1, 0.15) is 39.1 Å². The Morgan fingerprint density at radius 2 is 1.52 bits per heavy atom. The highest BCUT2D eigenvalue weighted by Gasteiger charge is 2.25. The quantitative estimate of drug-likeness (QED) is 0.577. The maximum absolute atomic E-state index is 12.7. The van der Waals surface area contributed by atoms with Crippen molar-refractivity contribution in [2.45, 2.75) is 19.4 Å². The summed E-state index contributed by atoms with van der Waals surface area (Å²) < 4.78 is 9.87. The number of Topliss-reactive ketones (excluding diaryl/α,β-unsaturated/α-hetero) is 1. The molecular weight excluding hydrogens is 342 g/mol. The molecule has 1 aliphatic heterocycles. The van der Waals surface area contributed by atoms with Gasteiger partial charge in [0.2, 0.25) is 0 Å². The van der Waals surface area contributed by atoms with Crippen LogP contribution in [0.25, 0.3) is 0 Å². The summed E-state index contributed by atoms with van der Waals surface area (Å²) in [5.41, 5.74) is 2.47. The van der Waals surface area contributed by atoms with E-state index in [1.54, 1.807) is 19.2 Å². The molecule has 0 saturated carbocycles. The average Bonchev–Trinajstić information content (AvgIpc) is 2.74. The first-order valence-electron chi connectivity index (χ1n) is 9.18. The molecule has 0 aromatic heterocycles. The second kappa shape index (κ2) is 8.82. The van der Waals surface area contributed by atoms with Crippen molar-refractivity contribution >= 4 is 11.8 Å². The van der Waals surface area contributed by atoms with Gasteiger partial charge in [0.05, 0.1) is 19.8 Å². The molecule has 0 bridgehead atoms. The number of ether oxygens (including phenoxy) is 2. The second-order valence-corrected chi connectivity index (χ2v) is 6.83. The number of likely N-dealkylation sites (tertiary alicyclic amines) is 1. The van der Waals surface area contributed by atoms with Gasteiger partial charge in [-0.1, -0.05) is 12.1 Å². The number of carbonyl (C=O) groups excluding carboxylic acids is 2. The van der Waals surface area contributed by atoms with Crippen molar-refractivity contribution < 1.29 is 19.1 Å². The van der Waals surface area contributed by atoms with Crippen molar-refractivity contribution in [3.05, 3.63) is 65.2 Å². The second-order valence-electron chi connectivity index (χ2n) is 6.83. The van der Waals surface area contributed by atoms with Crippen LogP contribution in [0.4, 0.5) is 0 Å². The third-order valence-corrected chi connectivity index (χ3v) is 5.11. The normalized spacial score (nSPS) is 15.3. The topological polar surface area (TPSA) is 55.8 Å². The van der Waals surface area contributed by atoms with Crippen molar-refractivity contribution in [2.24, 2.45) is 5.92 Å². The molecule has 0 aliphatic carbocycles. The fourth-order valence-electron chi connectivity index (χ4n) is 3.47. The van der Waals surface area contributed by atoms with Gasteiger partial charge in [-0.05, 0) is 67.9 Å². The van der Waals surface area contributed by atoms with Crippen LogP contribution in [-0.4, -0.2) is 44.0 Å². The molecular formula is C22H25NO4. The van der Waals surface area contributed by atoms with Crippen LogP contribution < -0.4 is 4.74 Å². The Balaban J connectivity index is 1.52. The molecule has 0 radical (unpaired) electrons. The lowest BCUT2D eigenvalue weighted by molar-refractivity contribution is 0.0600. The number of rotatable bonds is 6. The Labute approximate surface area is 159 Å². The molecule has 5 nitrogen and oxygen atoms in total. The zero-order valence-electron chi connectivity index (χ0n) is 15.8. The van der Waals surface area contributed by atoms with Gasteiger partial charge in [0, 0.05) is 18.0 Å². The van der Waals surface area contributed by atoms with E-state index in [9.17, 15) is 9.59 Å². The monoisotopic (exact) mass is 367 g/mol. The predicted molar refractivity (Wildman–Crippen MR) is 103 cm³/mol. The number of hydrogen-bond donors (Lipinski definition) is 0. The van der Waals surface area contributed by atoms with Crippen molar-refractivity contribution in [3.63, 3.8) is 0 Å². The molecule has 27 heavy (non-hydrogen) atoms. The lowest BCUT2D eigenvalue weighted by Crippen LogP contribution is -2.35. The Morgan fingerprint density at radius 1 is 0.926 bits per heavy atom. The van der Waals surface area contributed by atoms with Gasteiger partial charge < -0.3 is 9.47 Å². The van der Waals surface area contributed by atoms with Crippen LogP contribution in [0.5, 0.6) is 5.75 Å². The van der Waals surface area contributed by atoms with Gasteiger partial charge in [-0.25, -0.2) is 4.79 Å². The Morgan fingerprint density at radius 3 is 2.07 bits per heavy atom. The van der Waals surface area contributed by atoms with Gasteiger partial charge in [-0.2, -0.15) is 0 Å². The smallest absolute Gasteiger partial charge is 0.337 e. The zero-order valence-corrected chi connectivity index (χ0v) is 15.8. The molecule has 0 atom stereocenters. The van der Waals surface area contributed by atoms with Crippen molar-refractivity contribution in [1.82, 2.24) is 4.90 Å². The first-order chi connectivity index (χ1) is 13.1. The average molecular weight is 367 g/mol. The van der Waals surface area contributed by atoms with E-state index in [-0.39, 0.29) is 17.7 Å². The van der Waals surface area contributed by atoms with Crippen LogP contribution in [0.3, 0.4) is 0 Å². The largest absolute Gasteiger partial charge is 0.497 e. The summed E-state index contributed by atoms with van der Waals surface area (Å²) in [5, 5.41) is 0. The lowest BCUT2D eigenvalue weighted by atomic mass is 9.88. The highest BCUT2D eigenvalue weighted by Crippen LogP contribution is 2.24. The fraction of sp³-hybridized carbons (Fsp3) is 0.364. The standard InChI is InChI=1S/C22H25NO4/c1-26-20-9-7-17(8-10-20)21(24)18-11-13-23(14-12-18)15-16-3-5-19(6-4-16)22(25)27-2/h3-10,18H,11-15H2,1-2H3. The number of nitrogens with zero attached hydrogens (tertiary/aromatic N) is 1. The molecule has 142 valence electrons. The van der Waals surface area contributed by atoms with Crippen molar-refractivity contribution in [3.8, 4) is 5.75 Å². The van der Waals surface area contributed by atoms with Gasteiger partial charge in [-0.15, -0.1) is 0 Å². The molecule has 1 heterocycles. The lowest BCUT2D eigenvalue weighted by Gasteiger charge is -2.31. The maximum Gasteiger partial charge on any atom is 0.337 e. The highest BCUT2D eigenvalue weighted by molar-refractivity contribution is 5.98. The maximum atomic E-state index is 12.7. The summed E-state index contributed by atoms with van der Waals surface area (Å²) in [6.07, 6.45) is 1.73. The predicted octanol–water partition coefficient (Wildman–Crippen LogP) is 3.58. The molecule has 0 unspecified atom stereocenters. The summed E-state index contributed by atoms with van der Waals surface area (Å²) in [5.74, 6) is 0.745. The van der Waals surface area contributed by atoms with E-state index in [1.807, 2.05) is 36.4 Å². The number of esters is 1. The molecule has 1 fully saturated rings. The fourth-order valence-corrected chi connectivity index (χ4v) is 3.47. The van der Waals surface area contributed by atoms with Crippen LogP contribution >= 0.6 is 0 Å². The summed E-state index contributed by atoms with van der Waals surface area (Å²) in [7, 11) is 3.00. The summed E-state index contributed by atoms with van der Waals surface area (Å²) in [6, 6.07) is 14.9. The number of ketones is 1. The van der Waals surface area contributed by atoms with E-state index in [2.05, 4.69) is 4.90 Å². The van der Waals surface area contributed by atoms with Crippen molar-refractivity contribution in [1.29, 1.82) is 0 Å². The molecule has 1 saturated heterocycles. The van der Waals surface area contributed by atoms with Gasteiger partial charge in [-0.3, -0.25) is 9.69 Å². The number of carbonyl (C=O) groups is 2. The molecule has 2 aromatic rings. The molecule has 0 N–H and O–H groups in total. The molecule has 0 amide bonds. The SMILES string of the molecule is COC(=O)c1ccc(CN2CCC(C(=O)c3ccc(OC)cc3)CC2)cc1. The van der Waals surface area contributed by atoms with Gasteiger partial charge >= 0.3 is 5.97 Å². The van der Waals surface area contributed by atoms with E-state index < -0.39 is 0 Å². The third kappa shape index (κ3) is 4.74. The number of piperidine rings is 1. The third-order valence-electron chi connectivity index (χ3n) is 5.11. The summed E-state index contributed by atoms with van der Waals surface area (Å²) >= 11 is 0. The van der Waals surface area contributed by atoms with Gasteiger partial charge in [0.15, 0.2) is 5.78 Å². The van der Waals surface area contributed by atoms with E-state index in [0.29, 0.717) is 5.56 Å². The summed E-state index contributed by atoms with van der Waals surface area (Å²) in [6.45, 7) is 2.61. The minimum absolute atomic E-state index is 0.0799. The van der Waals surface area contributed by atoms with Gasteiger partial charge in [0.1, 0.15) is 5.75 Å². The van der Waals surface area contributed by atoms with E-state index in [0.717, 1.165) is 49.4 Å². The van der Waals surface area contributed by atoms with Crippen LogP contribution in [0, 0.1) is 5.92 Å². The number of hydrogen-bond acceptors (Lipinski definition) is 5.